The van der Waals surface area contributed by atoms with Gasteiger partial charge in [-0.05, 0) is 43.0 Å². The molecule has 4 rings (SSSR count). The van der Waals surface area contributed by atoms with Gasteiger partial charge in [-0.15, -0.1) is 0 Å². The number of carbonyl (C=O) groups excluding carboxylic acids is 1. The molecule has 3 aromatic rings. The van der Waals surface area contributed by atoms with Gasteiger partial charge in [-0.1, -0.05) is 24.3 Å². The first-order valence-corrected chi connectivity index (χ1v) is 9.36. The second-order valence-electron chi connectivity index (χ2n) is 7.17. The topological polar surface area (TPSA) is 100 Å². The third-order valence-electron chi connectivity index (χ3n) is 5.17. The Morgan fingerprint density at radius 3 is 2.64 bits per heavy atom. The number of amides is 1. The van der Waals surface area contributed by atoms with E-state index in [1.165, 1.54) is 10.7 Å². The van der Waals surface area contributed by atoms with Gasteiger partial charge in [-0.2, -0.15) is 0 Å². The standard InChI is InChI=1S/C21H22N4O3/c26-17-10-14(11-17)18(12-15-6-4-5-9-22-15)23-21(28)19-13-20(27)25(24-19)16-7-2-1-3-8-16/h1-9,13-14,17-18,24,26H,10-12H2,(H,23,28). The fourth-order valence-electron chi connectivity index (χ4n) is 3.57. The molecule has 1 aliphatic carbocycles. The molecule has 1 aliphatic rings. The molecular formula is C21H22N4O3. The number of para-hydroxylation sites is 1. The number of aliphatic hydroxyl groups is 1. The SMILES string of the molecule is O=C(NC(Cc1ccccn1)C1CC(O)C1)c1cc(=O)n(-c2ccccc2)[nH]1. The molecule has 1 fully saturated rings. The predicted molar refractivity (Wildman–Crippen MR) is 104 cm³/mol. The number of aromatic amines is 1. The van der Waals surface area contributed by atoms with Crippen LogP contribution >= 0.6 is 0 Å². The van der Waals surface area contributed by atoms with Crippen LogP contribution in [0, 0.1) is 5.92 Å². The summed E-state index contributed by atoms with van der Waals surface area (Å²) in [6.07, 6.45) is 3.29. The molecule has 0 aliphatic heterocycles. The highest BCUT2D eigenvalue weighted by Gasteiger charge is 2.35. The van der Waals surface area contributed by atoms with E-state index in [4.69, 9.17) is 0 Å². The summed E-state index contributed by atoms with van der Waals surface area (Å²) in [7, 11) is 0. The lowest BCUT2D eigenvalue weighted by Gasteiger charge is -2.38. The van der Waals surface area contributed by atoms with Crippen molar-refractivity contribution in [3.8, 4) is 5.69 Å². The molecule has 28 heavy (non-hydrogen) atoms. The Balaban J connectivity index is 1.52. The molecule has 0 radical (unpaired) electrons. The number of carbonyl (C=O) groups is 1. The van der Waals surface area contributed by atoms with E-state index in [-0.39, 0.29) is 35.2 Å². The van der Waals surface area contributed by atoms with E-state index in [1.807, 2.05) is 36.4 Å². The van der Waals surface area contributed by atoms with Crippen molar-refractivity contribution in [3.63, 3.8) is 0 Å². The number of H-pyrrole nitrogens is 1. The highest BCUT2D eigenvalue weighted by atomic mass is 16.3. The first-order valence-electron chi connectivity index (χ1n) is 9.36. The average molecular weight is 378 g/mol. The van der Waals surface area contributed by atoms with Crippen LogP contribution in [0.15, 0.2) is 65.6 Å². The molecular weight excluding hydrogens is 356 g/mol. The molecule has 7 nitrogen and oxygen atoms in total. The second-order valence-corrected chi connectivity index (χ2v) is 7.17. The maximum Gasteiger partial charge on any atom is 0.271 e. The predicted octanol–water partition coefficient (Wildman–Crippen LogP) is 1.67. The van der Waals surface area contributed by atoms with Gasteiger partial charge < -0.3 is 10.4 Å². The van der Waals surface area contributed by atoms with Crippen LogP contribution in [0.1, 0.15) is 29.0 Å². The summed E-state index contributed by atoms with van der Waals surface area (Å²) in [4.78, 5) is 29.4. The zero-order valence-electron chi connectivity index (χ0n) is 15.3. The largest absolute Gasteiger partial charge is 0.393 e. The van der Waals surface area contributed by atoms with E-state index in [9.17, 15) is 14.7 Å². The molecule has 0 spiro atoms. The van der Waals surface area contributed by atoms with Crippen molar-refractivity contribution in [1.82, 2.24) is 20.1 Å². The van der Waals surface area contributed by atoms with Crippen LogP contribution in [-0.2, 0) is 6.42 Å². The molecule has 1 saturated carbocycles. The van der Waals surface area contributed by atoms with Crippen LogP contribution in [0.2, 0.25) is 0 Å². The Labute approximate surface area is 162 Å². The summed E-state index contributed by atoms with van der Waals surface area (Å²) in [6, 6.07) is 15.9. The van der Waals surface area contributed by atoms with Gasteiger partial charge in [0.25, 0.3) is 11.5 Å². The van der Waals surface area contributed by atoms with Crippen molar-refractivity contribution in [3.05, 3.63) is 82.5 Å². The van der Waals surface area contributed by atoms with E-state index in [2.05, 4.69) is 15.4 Å². The lowest BCUT2D eigenvalue weighted by Crippen LogP contribution is -2.48. The smallest absolute Gasteiger partial charge is 0.271 e. The van der Waals surface area contributed by atoms with Crippen molar-refractivity contribution in [2.75, 3.05) is 0 Å². The van der Waals surface area contributed by atoms with Gasteiger partial charge >= 0.3 is 0 Å². The Hall–Kier alpha value is -3.19. The van der Waals surface area contributed by atoms with Crippen molar-refractivity contribution in [1.29, 1.82) is 0 Å². The van der Waals surface area contributed by atoms with Crippen molar-refractivity contribution in [2.24, 2.45) is 5.92 Å². The van der Waals surface area contributed by atoms with Crippen molar-refractivity contribution >= 4 is 5.91 Å². The number of aliphatic hydroxyl groups excluding tert-OH is 1. The number of hydrogen-bond donors (Lipinski definition) is 3. The van der Waals surface area contributed by atoms with E-state index in [0.29, 0.717) is 24.9 Å². The molecule has 144 valence electrons. The zero-order valence-corrected chi connectivity index (χ0v) is 15.3. The summed E-state index contributed by atoms with van der Waals surface area (Å²) < 4.78 is 1.34. The fraction of sp³-hybridized carbons (Fsp3) is 0.286. The number of aromatic nitrogens is 3. The number of nitrogens with one attached hydrogen (secondary N) is 2. The molecule has 1 aromatic carbocycles. The number of pyridine rings is 1. The van der Waals surface area contributed by atoms with Crippen LogP contribution in [0.4, 0.5) is 0 Å². The molecule has 0 bridgehead atoms. The Kier molecular flexibility index (Phi) is 5.08. The third-order valence-corrected chi connectivity index (χ3v) is 5.17. The molecule has 3 N–H and O–H groups in total. The van der Waals surface area contributed by atoms with Crippen LogP contribution in [0.3, 0.4) is 0 Å². The third kappa shape index (κ3) is 3.89. The Morgan fingerprint density at radius 2 is 1.96 bits per heavy atom. The molecule has 7 heteroatoms. The van der Waals surface area contributed by atoms with Gasteiger partial charge in [0.1, 0.15) is 5.69 Å². The lowest BCUT2D eigenvalue weighted by molar-refractivity contribution is 0.0237. The van der Waals surface area contributed by atoms with Crippen molar-refractivity contribution < 1.29 is 9.90 Å². The fourth-order valence-corrected chi connectivity index (χ4v) is 3.57. The maximum atomic E-state index is 12.8. The Morgan fingerprint density at radius 1 is 1.21 bits per heavy atom. The molecule has 2 heterocycles. The minimum absolute atomic E-state index is 0.158. The van der Waals surface area contributed by atoms with Crippen LogP contribution in [0.25, 0.3) is 5.69 Å². The van der Waals surface area contributed by atoms with E-state index >= 15 is 0 Å². The highest BCUT2D eigenvalue weighted by Crippen LogP contribution is 2.31. The van der Waals surface area contributed by atoms with Crippen LogP contribution in [-0.4, -0.2) is 37.9 Å². The maximum absolute atomic E-state index is 12.8. The quantitative estimate of drug-likeness (QED) is 0.607. The molecule has 1 unspecified atom stereocenters. The number of benzene rings is 1. The first-order chi connectivity index (χ1) is 13.6. The van der Waals surface area contributed by atoms with E-state index in [1.54, 1.807) is 18.3 Å². The average Bonchev–Trinajstić information content (AvgIpc) is 3.08. The summed E-state index contributed by atoms with van der Waals surface area (Å²) in [6.45, 7) is 0. The molecule has 0 saturated heterocycles. The summed E-state index contributed by atoms with van der Waals surface area (Å²) >= 11 is 0. The molecule has 2 aromatic heterocycles. The normalized spacial score (nSPS) is 19.6. The van der Waals surface area contributed by atoms with Gasteiger partial charge in [0, 0.05) is 30.4 Å². The molecule has 1 atom stereocenters. The summed E-state index contributed by atoms with van der Waals surface area (Å²) in [5, 5.41) is 15.6. The summed E-state index contributed by atoms with van der Waals surface area (Å²) in [5.74, 6) is -0.155. The number of rotatable bonds is 6. The zero-order chi connectivity index (χ0) is 19.5. The Bertz CT molecular complexity index is 991. The van der Waals surface area contributed by atoms with Gasteiger partial charge in [-0.25, -0.2) is 4.68 Å². The number of nitrogens with zero attached hydrogens (tertiary/aromatic N) is 2. The minimum Gasteiger partial charge on any atom is -0.393 e. The van der Waals surface area contributed by atoms with Gasteiger partial charge in [0.05, 0.1) is 11.8 Å². The highest BCUT2D eigenvalue weighted by molar-refractivity contribution is 5.92. The second kappa shape index (κ2) is 7.82. The first kappa shape index (κ1) is 18.2. The van der Waals surface area contributed by atoms with Crippen LogP contribution < -0.4 is 10.9 Å². The van der Waals surface area contributed by atoms with Gasteiger partial charge in [0.15, 0.2) is 0 Å². The minimum atomic E-state index is -0.339. The summed E-state index contributed by atoms with van der Waals surface area (Å²) in [5.41, 5.74) is 1.46. The lowest BCUT2D eigenvalue weighted by atomic mass is 9.76. The molecule has 1 amide bonds. The van der Waals surface area contributed by atoms with Crippen molar-refractivity contribution in [2.45, 2.75) is 31.4 Å². The van der Waals surface area contributed by atoms with E-state index in [0.717, 1.165) is 5.69 Å². The van der Waals surface area contributed by atoms with E-state index < -0.39 is 0 Å². The van der Waals surface area contributed by atoms with Gasteiger partial charge in [0.2, 0.25) is 0 Å². The van der Waals surface area contributed by atoms with Gasteiger partial charge in [-0.3, -0.25) is 19.7 Å². The monoisotopic (exact) mass is 378 g/mol. The van der Waals surface area contributed by atoms with Crippen LogP contribution in [0.5, 0.6) is 0 Å². The number of hydrogen-bond acceptors (Lipinski definition) is 4.